The first-order chi connectivity index (χ1) is 12.9. The Morgan fingerprint density at radius 3 is 2.43 bits per heavy atom. The maximum atomic E-state index is 13.1. The van der Waals surface area contributed by atoms with Gasteiger partial charge in [-0.05, 0) is 50.1 Å². The molecule has 0 spiro atoms. The van der Waals surface area contributed by atoms with Crippen molar-refractivity contribution in [2.75, 3.05) is 19.7 Å². The Labute approximate surface area is 172 Å². The van der Waals surface area contributed by atoms with Gasteiger partial charge in [-0.1, -0.05) is 30.3 Å². The van der Waals surface area contributed by atoms with E-state index >= 15 is 0 Å². The van der Waals surface area contributed by atoms with Crippen LogP contribution < -0.4 is 4.74 Å². The topological polar surface area (TPSA) is 32.8 Å². The monoisotopic (exact) mass is 406 g/mol. The molecule has 2 unspecified atom stereocenters. The zero-order chi connectivity index (χ0) is 19.4. The van der Waals surface area contributed by atoms with Crippen molar-refractivity contribution in [3.05, 3.63) is 65.5 Å². The molecule has 1 aliphatic heterocycles. The highest BCUT2D eigenvalue weighted by Gasteiger charge is 2.32. The molecular weight excluding hydrogens is 379 g/mol. The van der Waals surface area contributed by atoms with E-state index in [4.69, 9.17) is 4.74 Å². The summed E-state index contributed by atoms with van der Waals surface area (Å²) in [6, 6.07) is 14.7. The Balaban J connectivity index is 0.00000280. The molecule has 6 heteroatoms. The van der Waals surface area contributed by atoms with Crippen molar-refractivity contribution in [2.24, 2.45) is 0 Å². The number of nitrogens with zero attached hydrogens (tertiary/aromatic N) is 2. The third-order valence-electron chi connectivity index (χ3n) is 5.18. The lowest BCUT2D eigenvalue weighted by atomic mass is 10.1. The highest BCUT2D eigenvalue weighted by Crippen LogP contribution is 2.20. The van der Waals surface area contributed by atoms with Gasteiger partial charge >= 0.3 is 0 Å². The number of hydrogen-bond acceptors (Lipinski definition) is 3. The smallest absolute Gasteiger partial charge is 0.260 e. The third-order valence-corrected chi connectivity index (χ3v) is 5.18. The molecule has 2 aromatic carbocycles. The van der Waals surface area contributed by atoms with Crippen LogP contribution in [0.15, 0.2) is 48.5 Å². The van der Waals surface area contributed by atoms with Crippen LogP contribution in [-0.2, 0) is 11.3 Å². The third kappa shape index (κ3) is 5.46. The summed E-state index contributed by atoms with van der Waals surface area (Å²) in [6.07, 6.45) is 0. The Morgan fingerprint density at radius 1 is 1.07 bits per heavy atom. The first kappa shape index (κ1) is 22.2. The van der Waals surface area contributed by atoms with Gasteiger partial charge in [0.25, 0.3) is 5.91 Å². The summed E-state index contributed by atoms with van der Waals surface area (Å²) in [5.41, 5.74) is 2.11. The van der Waals surface area contributed by atoms with Gasteiger partial charge in [-0.2, -0.15) is 0 Å². The largest absolute Gasteiger partial charge is 0.484 e. The summed E-state index contributed by atoms with van der Waals surface area (Å²) in [7, 11) is 0. The Morgan fingerprint density at radius 2 is 1.75 bits per heavy atom. The number of para-hydroxylation sites is 1. The number of carbonyl (C=O) groups excluding carboxylic acids is 1. The minimum atomic E-state index is -0.218. The lowest BCUT2D eigenvalue weighted by Gasteiger charge is -2.44. The van der Waals surface area contributed by atoms with Crippen LogP contribution in [0.1, 0.15) is 25.0 Å². The molecule has 1 saturated heterocycles. The lowest BCUT2D eigenvalue weighted by Crippen LogP contribution is -2.58. The van der Waals surface area contributed by atoms with E-state index in [0.29, 0.717) is 6.54 Å². The maximum absolute atomic E-state index is 13.1. The fraction of sp³-hybridized carbons (Fsp3) is 0.409. The predicted octanol–water partition coefficient (Wildman–Crippen LogP) is 4.06. The molecule has 0 N–H and O–H groups in total. The van der Waals surface area contributed by atoms with Gasteiger partial charge in [0.15, 0.2) is 6.61 Å². The van der Waals surface area contributed by atoms with Gasteiger partial charge < -0.3 is 9.64 Å². The number of halogens is 2. The van der Waals surface area contributed by atoms with Crippen LogP contribution in [0, 0.1) is 12.7 Å². The quantitative estimate of drug-likeness (QED) is 0.750. The summed E-state index contributed by atoms with van der Waals surface area (Å²) < 4.78 is 18.8. The van der Waals surface area contributed by atoms with Crippen LogP contribution in [0.4, 0.5) is 4.39 Å². The normalized spacial score (nSPS) is 19.8. The number of piperazine rings is 1. The van der Waals surface area contributed by atoms with Gasteiger partial charge in [0.05, 0.1) is 0 Å². The maximum Gasteiger partial charge on any atom is 0.260 e. The standard InChI is InChI=1S/C22H27FN2O2.ClH/c1-16-6-4-5-7-21(16)27-15-22(26)25-13-17(2)24(12-18(25)3)14-19-8-10-20(23)11-9-19;/h4-11,17-18H,12-15H2,1-3H3;1H. The summed E-state index contributed by atoms with van der Waals surface area (Å²) in [5, 5.41) is 0. The van der Waals surface area contributed by atoms with E-state index in [0.717, 1.165) is 30.0 Å². The van der Waals surface area contributed by atoms with Gasteiger partial charge in [-0.25, -0.2) is 4.39 Å². The Kier molecular flexibility index (Phi) is 7.84. The fourth-order valence-electron chi connectivity index (χ4n) is 3.53. The number of hydrogen-bond donors (Lipinski definition) is 0. The van der Waals surface area contributed by atoms with Crippen molar-refractivity contribution in [1.29, 1.82) is 0 Å². The molecule has 0 radical (unpaired) electrons. The van der Waals surface area contributed by atoms with E-state index in [9.17, 15) is 9.18 Å². The molecule has 2 aromatic rings. The molecule has 0 bridgehead atoms. The molecule has 1 aliphatic rings. The summed E-state index contributed by atoms with van der Waals surface area (Å²) in [5.74, 6) is 0.546. The van der Waals surface area contributed by atoms with Gasteiger partial charge in [-0.3, -0.25) is 9.69 Å². The second kappa shape index (κ2) is 9.89. The van der Waals surface area contributed by atoms with Gasteiger partial charge in [0, 0.05) is 31.7 Å². The number of benzene rings is 2. The average molecular weight is 407 g/mol. The molecule has 152 valence electrons. The molecular formula is C22H28ClFN2O2. The highest BCUT2D eigenvalue weighted by atomic mass is 35.5. The number of aryl methyl sites for hydroxylation is 1. The summed E-state index contributed by atoms with van der Waals surface area (Å²) in [4.78, 5) is 16.9. The van der Waals surface area contributed by atoms with Crippen LogP contribution in [-0.4, -0.2) is 47.5 Å². The van der Waals surface area contributed by atoms with Gasteiger partial charge in [-0.15, -0.1) is 12.4 Å². The number of rotatable bonds is 5. The van der Waals surface area contributed by atoms with E-state index < -0.39 is 0 Å². The molecule has 0 aromatic heterocycles. The average Bonchev–Trinajstić information content (AvgIpc) is 2.65. The highest BCUT2D eigenvalue weighted by molar-refractivity contribution is 5.85. The van der Waals surface area contributed by atoms with Gasteiger partial charge in [0.2, 0.25) is 0 Å². The molecule has 1 amide bonds. The fourth-order valence-corrected chi connectivity index (χ4v) is 3.53. The first-order valence-electron chi connectivity index (χ1n) is 9.40. The Hall–Kier alpha value is -2.11. The molecule has 0 aliphatic carbocycles. The minimum absolute atomic E-state index is 0. The Bertz CT molecular complexity index is 784. The van der Waals surface area contributed by atoms with E-state index in [1.165, 1.54) is 12.1 Å². The van der Waals surface area contributed by atoms with Gasteiger partial charge in [0.1, 0.15) is 11.6 Å². The van der Waals surface area contributed by atoms with Crippen molar-refractivity contribution < 1.29 is 13.9 Å². The van der Waals surface area contributed by atoms with E-state index in [-0.39, 0.29) is 42.8 Å². The van der Waals surface area contributed by atoms with Crippen molar-refractivity contribution in [1.82, 2.24) is 9.80 Å². The molecule has 4 nitrogen and oxygen atoms in total. The SMILES string of the molecule is Cc1ccccc1OCC(=O)N1CC(C)N(Cc2ccc(F)cc2)CC1C.Cl. The van der Waals surface area contributed by atoms with Crippen LogP contribution >= 0.6 is 12.4 Å². The van der Waals surface area contributed by atoms with Crippen molar-refractivity contribution in [2.45, 2.75) is 39.4 Å². The number of carbonyl (C=O) groups is 1. The van der Waals surface area contributed by atoms with Crippen molar-refractivity contribution in [3.8, 4) is 5.75 Å². The van der Waals surface area contributed by atoms with Crippen LogP contribution in [0.2, 0.25) is 0 Å². The van der Waals surface area contributed by atoms with Crippen molar-refractivity contribution >= 4 is 18.3 Å². The molecule has 1 fully saturated rings. The lowest BCUT2D eigenvalue weighted by molar-refractivity contribution is -0.139. The number of amides is 1. The van der Waals surface area contributed by atoms with E-state index in [1.807, 2.05) is 48.2 Å². The number of ether oxygens (including phenoxy) is 1. The van der Waals surface area contributed by atoms with Crippen LogP contribution in [0.3, 0.4) is 0 Å². The predicted molar refractivity (Wildman–Crippen MR) is 111 cm³/mol. The molecule has 0 saturated carbocycles. The summed E-state index contributed by atoms with van der Waals surface area (Å²) in [6.45, 7) is 8.42. The first-order valence-corrected chi connectivity index (χ1v) is 9.40. The van der Waals surface area contributed by atoms with Crippen molar-refractivity contribution in [3.63, 3.8) is 0 Å². The zero-order valence-corrected chi connectivity index (χ0v) is 17.4. The van der Waals surface area contributed by atoms with Crippen LogP contribution in [0.25, 0.3) is 0 Å². The molecule has 3 rings (SSSR count). The van der Waals surface area contributed by atoms with E-state index in [2.05, 4.69) is 18.7 Å². The zero-order valence-electron chi connectivity index (χ0n) is 16.6. The minimum Gasteiger partial charge on any atom is -0.484 e. The molecule has 28 heavy (non-hydrogen) atoms. The molecule has 1 heterocycles. The second-order valence-electron chi connectivity index (χ2n) is 7.35. The molecule has 2 atom stereocenters. The van der Waals surface area contributed by atoms with E-state index in [1.54, 1.807) is 0 Å². The second-order valence-corrected chi connectivity index (χ2v) is 7.35. The van der Waals surface area contributed by atoms with Crippen LogP contribution in [0.5, 0.6) is 5.75 Å². The summed E-state index contributed by atoms with van der Waals surface area (Å²) >= 11 is 0.